The Balaban J connectivity index is -0.000000230. The molecule has 7 nitrogen and oxygen atoms in total. The molecule has 7 heteroatoms. The van der Waals surface area contributed by atoms with Crippen molar-refractivity contribution < 1.29 is 23.9 Å². The number of rotatable bonds is 4. The van der Waals surface area contributed by atoms with Crippen molar-refractivity contribution in [3.05, 3.63) is 0 Å². The van der Waals surface area contributed by atoms with Crippen molar-refractivity contribution in [2.75, 3.05) is 41.9 Å². The molecule has 0 fully saturated rings. The zero-order valence-electron chi connectivity index (χ0n) is 13.8. The quantitative estimate of drug-likeness (QED) is 0.553. The highest BCUT2D eigenvalue weighted by molar-refractivity contribution is 5.72. The van der Waals surface area contributed by atoms with Gasteiger partial charge in [0, 0.05) is 49.1 Å². The minimum atomic E-state index is -0.264. The fourth-order valence-corrected chi connectivity index (χ4v) is 0.552. The van der Waals surface area contributed by atoms with Crippen LogP contribution in [0.5, 0.6) is 0 Å². The number of carbonyl (C=O) groups excluding carboxylic acids is 3. The van der Waals surface area contributed by atoms with Gasteiger partial charge >= 0.3 is 5.97 Å². The topological polar surface area (TPSA) is 76.2 Å². The van der Waals surface area contributed by atoms with E-state index in [9.17, 15) is 14.4 Å². The molecule has 0 aromatic heterocycles. The molecule has 0 saturated heterocycles. The van der Waals surface area contributed by atoms with E-state index < -0.39 is 0 Å². The summed E-state index contributed by atoms with van der Waals surface area (Å²) < 4.78 is 9.45. The molecule has 0 aromatic rings. The minimum Gasteiger partial charge on any atom is -0.460 e. The molecule has 0 spiro atoms. The maximum atomic E-state index is 10.3. The Bertz CT molecular complexity index is 267. The van der Waals surface area contributed by atoms with E-state index >= 15 is 0 Å². The van der Waals surface area contributed by atoms with Gasteiger partial charge in [-0.15, -0.1) is 0 Å². The van der Waals surface area contributed by atoms with Crippen molar-refractivity contribution in [1.29, 1.82) is 0 Å². The number of hydrogen-bond acceptors (Lipinski definition) is 5. The molecule has 2 amide bonds. The van der Waals surface area contributed by atoms with Crippen LogP contribution in [0.2, 0.25) is 0 Å². The first-order valence-corrected chi connectivity index (χ1v) is 6.04. The molecule has 0 aliphatic rings. The van der Waals surface area contributed by atoms with E-state index in [1.165, 1.54) is 23.6 Å². The summed E-state index contributed by atoms with van der Waals surface area (Å²) in [7, 11) is 8.39. The Morgan fingerprint density at radius 1 is 1.15 bits per heavy atom. The first-order valence-electron chi connectivity index (χ1n) is 6.04. The molecule has 0 heterocycles. The Hall–Kier alpha value is -1.63. The van der Waals surface area contributed by atoms with Gasteiger partial charge in [-0.25, -0.2) is 0 Å². The van der Waals surface area contributed by atoms with E-state index in [0.29, 0.717) is 6.61 Å². The molecule has 20 heavy (non-hydrogen) atoms. The molecular formula is C13H28N2O5. The van der Waals surface area contributed by atoms with Crippen LogP contribution in [0.15, 0.2) is 0 Å². The lowest BCUT2D eigenvalue weighted by atomic mass is 10.4. The monoisotopic (exact) mass is 292 g/mol. The molecule has 0 aliphatic heterocycles. The number of hydrogen-bond donors (Lipinski definition) is 0. The largest absolute Gasteiger partial charge is 0.460 e. The van der Waals surface area contributed by atoms with Crippen molar-refractivity contribution in [2.45, 2.75) is 26.9 Å². The average Bonchev–Trinajstić information content (AvgIpc) is 2.29. The van der Waals surface area contributed by atoms with Gasteiger partial charge in [-0.05, 0) is 6.92 Å². The SMILES string of the molecule is CC(=O)N(C)C.CN(C)C=O.COCC(C)OC(C)=O. The minimum absolute atomic E-state index is 0.0926. The summed E-state index contributed by atoms with van der Waals surface area (Å²) in [5.41, 5.74) is 0. The third kappa shape index (κ3) is 29.9. The summed E-state index contributed by atoms with van der Waals surface area (Å²) in [5.74, 6) is -0.172. The Kier molecular flexibility index (Phi) is 18.1. The highest BCUT2D eigenvalue weighted by atomic mass is 16.6. The van der Waals surface area contributed by atoms with E-state index in [1.807, 2.05) is 0 Å². The van der Waals surface area contributed by atoms with Crippen LogP contribution in [-0.2, 0) is 23.9 Å². The summed E-state index contributed by atoms with van der Waals surface area (Å²) in [4.78, 5) is 32.7. The lowest BCUT2D eigenvalue weighted by Gasteiger charge is -2.08. The number of amides is 2. The van der Waals surface area contributed by atoms with Crippen molar-refractivity contribution >= 4 is 18.3 Å². The van der Waals surface area contributed by atoms with Gasteiger partial charge in [0.1, 0.15) is 6.10 Å². The highest BCUT2D eigenvalue weighted by Crippen LogP contribution is 1.90. The molecular weight excluding hydrogens is 264 g/mol. The lowest BCUT2D eigenvalue weighted by Crippen LogP contribution is -2.17. The Labute approximate surface area is 121 Å². The fraction of sp³-hybridized carbons (Fsp3) is 0.769. The van der Waals surface area contributed by atoms with Gasteiger partial charge in [0.2, 0.25) is 12.3 Å². The van der Waals surface area contributed by atoms with Crippen LogP contribution in [0.4, 0.5) is 0 Å². The van der Waals surface area contributed by atoms with Crippen LogP contribution in [0.25, 0.3) is 0 Å². The molecule has 120 valence electrons. The second-order valence-corrected chi connectivity index (χ2v) is 4.36. The molecule has 0 saturated carbocycles. The van der Waals surface area contributed by atoms with Gasteiger partial charge in [0.25, 0.3) is 0 Å². The molecule has 0 rings (SSSR count). The molecule has 0 bridgehead atoms. The van der Waals surface area contributed by atoms with Gasteiger partial charge in [0.15, 0.2) is 0 Å². The number of esters is 1. The zero-order chi connectivity index (χ0) is 16.7. The first-order chi connectivity index (χ1) is 9.08. The maximum absolute atomic E-state index is 10.3. The number of methoxy groups -OCH3 is 1. The number of carbonyl (C=O) groups is 3. The van der Waals surface area contributed by atoms with Crippen LogP contribution in [-0.4, -0.2) is 76.1 Å². The highest BCUT2D eigenvalue weighted by Gasteiger charge is 2.02. The summed E-state index contributed by atoms with van der Waals surface area (Å²) in [5, 5.41) is 0. The summed E-state index contributed by atoms with van der Waals surface area (Å²) >= 11 is 0. The van der Waals surface area contributed by atoms with Crippen molar-refractivity contribution in [1.82, 2.24) is 9.80 Å². The average molecular weight is 292 g/mol. The van der Waals surface area contributed by atoms with Gasteiger partial charge in [-0.3, -0.25) is 14.4 Å². The van der Waals surface area contributed by atoms with Crippen molar-refractivity contribution in [3.63, 3.8) is 0 Å². The standard InChI is InChI=1S/C6H12O3.C4H9NO.C3H7NO/c1-5(4-8-3)9-6(2)7;1-4(6)5(2)3;1-4(2)3-5/h5H,4H2,1-3H3;1-3H3;3H,1-2H3. The molecule has 0 aromatic carbocycles. The summed E-state index contributed by atoms with van der Waals surface area (Å²) in [6.45, 7) is 5.15. The predicted molar refractivity (Wildman–Crippen MR) is 77.2 cm³/mol. The Morgan fingerprint density at radius 2 is 1.50 bits per heavy atom. The van der Waals surface area contributed by atoms with Gasteiger partial charge in [-0.1, -0.05) is 0 Å². The first kappa shape index (κ1) is 23.5. The third-order valence-corrected chi connectivity index (χ3v) is 1.61. The van der Waals surface area contributed by atoms with E-state index in [4.69, 9.17) is 9.47 Å². The van der Waals surface area contributed by atoms with E-state index in [1.54, 1.807) is 42.2 Å². The van der Waals surface area contributed by atoms with E-state index in [2.05, 4.69) is 0 Å². The molecule has 0 N–H and O–H groups in total. The van der Waals surface area contributed by atoms with Crippen LogP contribution < -0.4 is 0 Å². The van der Waals surface area contributed by atoms with Crippen LogP contribution in [0, 0.1) is 0 Å². The van der Waals surface area contributed by atoms with Gasteiger partial charge < -0.3 is 19.3 Å². The zero-order valence-corrected chi connectivity index (χ0v) is 13.8. The molecule has 0 radical (unpaired) electrons. The number of nitrogens with zero attached hydrogens (tertiary/aromatic N) is 2. The summed E-state index contributed by atoms with van der Waals surface area (Å²) in [6.07, 6.45) is 0.618. The second kappa shape index (κ2) is 15.4. The van der Waals surface area contributed by atoms with Crippen LogP contribution in [0.1, 0.15) is 20.8 Å². The fourth-order valence-electron chi connectivity index (χ4n) is 0.552. The molecule has 0 aliphatic carbocycles. The van der Waals surface area contributed by atoms with Crippen molar-refractivity contribution in [3.8, 4) is 0 Å². The molecule has 1 atom stereocenters. The summed E-state index contributed by atoms with van der Waals surface area (Å²) in [6, 6.07) is 0. The number of ether oxygens (including phenoxy) is 2. The Morgan fingerprint density at radius 3 is 1.65 bits per heavy atom. The third-order valence-electron chi connectivity index (χ3n) is 1.61. The smallest absolute Gasteiger partial charge is 0.302 e. The lowest BCUT2D eigenvalue weighted by molar-refractivity contribution is -0.147. The predicted octanol–water partition coefficient (Wildman–Crippen LogP) is 0.383. The normalized spacial score (nSPS) is 9.80. The van der Waals surface area contributed by atoms with Crippen LogP contribution in [0.3, 0.4) is 0 Å². The van der Waals surface area contributed by atoms with Gasteiger partial charge in [0.05, 0.1) is 6.61 Å². The second-order valence-electron chi connectivity index (χ2n) is 4.36. The van der Waals surface area contributed by atoms with Crippen LogP contribution >= 0.6 is 0 Å². The maximum Gasteiger partial charge on any atom is 0.302 e. The van der Waals surface area contributed by atoms with E-state index in [0.717, 1.165) is 6.41 Å². The van der Waals surface area contributed by atoms with Crippen molar-refractivity contribution in [2.24, 2.45) is 0 Å². The van der Waals surface area contributed by atoms with E-state index in [-0.39, 0.29) is 18.0 Å². The molecule has 1 unspecified atom stereocenters. The van der Waals surface area contributed by atoms with Gasteiger partial charge in [-0.2, -0.15) is 0 Å².